The van der Waals surface area contributed by atoms with Gasteiger partial charge < -0.3 is 15.1 Å². The Balaban J connectivity index is 1.59. The van der Waals surface area contributed by atoms with Crippen molar-refractivity contribution in [2.24, 2.45) is 4.99 Å². The van der Waals surface area contributed by atoms with Gasteiger partial charge in [-0.2, -0.15) is 0 Å². The van der Waals surface area contributed by atoms with E-state index in [0.717, 1.165) is 29.5 Å². The number of hydrogen-bond donors (Lipinski definition) is 2. The lowest BCUT2D eigenvalue weighted by atomic mass is 10.2. The Kier molecular flexibility index (Phi) is 6.46. The summed E-state index contributed by atoms with van der Waals surface area (Å²) in [5, 5.41) is 8.78. The summed E-state index contributed by atoms with van der Waals surface area (Å²) in [6, 6.07) is 8.66. The van der Waals surface area contributed by atoms with Crippen LogP contribution in [0.5, 0.6) is 0 Å². The Morgan fingerprint density at radius 2 is 2.23 bits per heavy atom. The van der Waals surface area contributed by atoms with E-state index in [1.54, 1.807) is 17.6 Å². The quantitative estimate of drug-likeness (QED) is 0.463. The molecule has 1 atom stereocenters. The third-order valence-electron chi connectivity index (χ3n) is 3.71. The summed E-state index contributed by atoms with van der Waals surface area (Å²) in [5.41, 5.74) is 0.826. The van der Waals surface area contributed by atoms with E-state index in [4.69, 9.17) is 4.42 Å². The fraction of sp³-hybridized carbons (Fsp3) is 0.368. The van der Waals surface area contributed by atoms with E-state index in [0.29, 0.717) is 18.5 Å². The minimum atomic E-state index is 0.296. The first kappa shape index (κ1) is 18.7. The first-order chi connectivity index (χ1) is 12.6. The lowest BCUT2D eigenvalue weighted by Gasteiger charge is -2.17. The van der Waals surface area contributed by atoms with Gasteiger partial charge in [0.15, 0.2) is 5.96 Å². The molecule has 2 N–H and O–H groups in total. The van der Waals surface area contributed by atoms with E-state index in [-0.39, 0.29) is 0 Å². The topological polar surface area (TPSA) is 62.5 Å². The Bertz CT molecular complexity index is 835. The smallest absolute Gasteiger partial charge is 0.236 e. The second-order valence-corrected chi connectivity index (χ2v) is 8.40. The van der Waals surface area contributed by atoms with Crippen LogP contribution in [-0.4, -0.2) is 23.5 Å². The Hall–Kier alpha value is -2.12. The lowest BCUT2D eigenvalue weighted by Crippen LogP contribution is -2.43. The maximum Gasteiger partial charge on any atom is 0.236 e. The van der Waals surface area contributed by atoms with E-state index < -0.39 is 0 Å². The molecule has 0 bridgehead atoms. The molecule has 3 aromatic heterocycles. The molecule has 5 nitrogen and oxygen atoms in total. The number of rotatable bonds is 7. The van der Waals surface area contributed by atoms with Crippen LogP contribution in [0.3, 0.4) is 0 Å². The molecule has 7 heteroatoms. The highest BCUT2D eigenvalue weighted by atomic mass is 32.1. The Labute approximate surface area is 162 Å². The zero-order chi connectivity index (χ0) is 18.4. The zero-order valence-corrected chi connectivity index (χ0v) is 16.9. The van der Waals surface area contributed by atoms with Gasteiger partial charge in [0.2, 0.25) is 5.89 Å². The van der Waals surface area contributed by atoms with Crippen molar-refractivity contribution >= 4 is 28.6 Å². The largest absolute Gasteiger partial charge is 0.443 e. The summed E-state index contributed by atoms with van der Waals surface area (Å²) in [4.78, 5) is 12.9. The molecule has 0 aliphatic carbocycles. The Morgan fingerprint density at radius 1 is 1.35 bits per heavy atom. The van der Waals surface area contributed by atoms with Crippen molar-refractivity contribution in [3.05, 3.63) is 51.4 Å². The zero-order valence-electron chi connectivity index (χ0n) is 15.3. The number of guanidine groups is 1. The van der Waals surface area contributed by atoms with Gasteiger partial charge in [0.1, 0.15) is 12.0 Å². The minimum absolute atomic E-state index is 0.296. The second kappa shape index (κ2) is 9.00. The van der Waals surface area contributed by atoms with Crippen molar-refractivity contribution in [2.45, 2.75) is 39.8 Å². The summed E-state index contributed by atoms with van der Waals surface area (Å²) in [6.45, 7) is 7.67. The van der Waals surface area contributed by atoms with Gasteiger partial charge in [0.05, 0.1) is 11.4 Å². The molecule has 0 saturated carbocycles. The summed E-state index contributed by atoms with van der Waals surface area (Å²) in [6.07, 6.45) is 2.66. The van der Waals surface area contributed by atoms with Crippen molar-refractivity contribution in [2.75, 3.05) is 6.54 Å². The molecule has 0 amide bonds. The number of oxazole rings is 1. The predicted molar refractivity (Wildman–Crippen MR) is 110 cm³/mol. The monoisotopic (exact) mass is 388 g/mol. The third-order valence-corrected chi connectivity index (χ3v) is 5.59. The number of thiophene rings is 2. The van der Waals surface area contributed by atoms with Crippen molar-refractivity contribution in [3.63, 3.8) is 0 Å². The average Bonchev–Trinajstić information content (AvgIpc) is 3.34. The molecule has 3 aromatic rings. The van der Waals surface area contributed by atoms with Crippen molar-refractivity contribution in [3.8, 4) is 10.8 Å². The van der Waals surface area contributed by atoms with Gasteiger partial charge in [0.25, 0.3) is 0 Å². The van der Waals surface area contributed by atoms with E-state index in [2.05, 4.69) is 53.5 Å². The molecule has 26 heavy (non-hydrogen) atoms. The van der Waals surface area contributed by atoms with Crippen LogP contribution in [-0.2, 0) is 13.0 Å². The first-order valence-corrected chi connectivity index (χ1v) is 10.4. The van der Waals surface area contributed by atoms with E-state index >= 15 is 0 Å². The molecule has 0 spiro atoms. The highest BCUT2D eigenvalue weighted by molar-refractivity contribution is 7.13. The normalized spacial score (nSPS) is 13.0. The maximum atomic E-state index is 5.55. The number of nitrogens with zero attached hydrogens (tertiary/aromatic N) is 2. The van der Waals surface area contributed by atoms with Gasteiger partial charge in [0, 0.05) is 28.8 Å². The number of aliphatic imine (C=N–C) groups is 1. The van der Waals surface area contributed by atoms with E-state index in [9.17, 15) is 0 Å². The second-order valence-electron chi connectivity index (χ2n) is 6.08. The summed E-state index contributed by atoms with van der Waals surface area (Å²) in [7, 11) is 0. The molecule has 0 aromatic carbocycles. The molecule has 3 rings (SSSR count). The molecule has 3 heterocycles. The van der Waals surface area contributed by atoms with Crippen LogP contribution >= 0.6 is 22.7 Å². The van der Waals surface area contributed by atoms with E-state index in [1.165, 1.54) is 9.75 Å². The number of nitrogens with one attached hydrogen (secondary N) is 2. The first-order valence-electron chi connectivity index (χ1n) is 8.72. The molecule has 0 aliphatic rings. The summed E-state index contributed by atoms with van der Waals surface area (Å²) >= 11 is 3.46. The van der Waals surface area contributed by atoms with E-state index in [1.807, 2.05) is 28.8 Å². The standard InChI is InChI=1S/C19H24N4OS2/c1-4-20-19(22-13(2)10-16-8-7-14(3)26-16)21-11-15-12-24-18(23-15)17-6-5-9-25-17/h5-9,12-13H,4,10-11H2,1-3H3,(H2,20,21,22). The van der Waals surface area contributed by atoms with Crippen LogP contribution in [0.4, 0.5) is 0 Å². The van der Waals surface area contributed by atoms with Gasteiger partial charge in [-0.3, -0.25) is 0 Å². The number of aryl methyl sites for hydroxylation is 1. The SMILES string of the molecule is CCNC(=NCc1coc(-c2cccs2)n1)NC(C)Cc1ccc(C)s1. The van der Waals surface area contributed by atoms with Crippen LogP contribution in [0.25, 0.3) is 10.8 Å². The molecule has 0 radical (unpaired) electrons. The number of aromatic nitrogens is 1. The van der Waals surface area contributed by atoms with Gasteiger partial charge in [-0.15, -0.1) is 22.7 Å². The summed E-state index contributed by atoms with van der Waals surface area (Å²) < 4.78 is 5.55. The molecule has 0 aliphatic heterocycles. The molecular weight excluding hydrogens is 364 g/mol. The minimum Gasteiger partial charge on any atom is -0.443 e. The van der Waals surface area contributed by atoms with Crippen LogP contribution < -0.4 is 10.6 Å². The Morgan fingerprint density at radius 3 is 2.92 bits per heavy atom. The van der Waals surface area contributed by atoms with Crippen LogP contribution in [0.1, 0.15) is 29.3 Å². The molecule has 1 unspecified atom stereocenters. The predicted octanol–water partition coefficient (Wildman–Crippen LogP) is 4.46. The van der Waals surface area contributed by atoms with Crippen LogP contribution in [0, 0.1) is 6.92 Å². The fourth-order valence-electron chi connectivity index (χ4n) is 2.55. The average molecular weight is 389 g/mol. The highest BCUT2D eigenvalue weighted by Crippen LogP contribution is 2.23. The number of hydrogen-bond acceptors (Lipinski definition) is 5. The van der Waals surface area contributed by atoms with Gasteiger partial charge in [-0.25, -0.2) is 9.98 Å². The molecule has 138 valence electrons. The van der Waals surface area contributed by atoms with Gasteiger partial charge in [-0.1, -0.05) is 6.07 Å². The molecule has 0 fully saturated rings. The van der Waals surface area contributed by atoms with Crippen molar-refractivity contribution < 1.29 is 4.42 Å². The van der Waals surface area contributed by atoms with Crippen molar-refractivity contribution in [1.29, 1.82) is 0 Å². The third kappa shape index (κ3) is 5.19. The van der Waals surface area contributed by atoms with Gasteiger partial charge >= 0.3 is 0 Å². The molecular formula is C19H24N4OS2. The fourth-order valence-corrected chi connectivity index (χ4v) is 4.23. The van der Waals surface area contributed by atoms with Crippen molar-refractivity contribution in [1.82, 2.24) is 15.6 Å². The summed E-state index contributed by atoms with van der Waals surface area (Å²) in [5.74, 6) is 1.46. The highest BCUT2D eigenvalue weighted by Gasteiger charge is 2.10. The maximum absolute atomic E-state index is 5.55. The van der Waals surface area contributed by atoms with Crippen LogP contribution in [0.2, 0.25) is 0 Å². The van der Waals surface area contributed by atoms with Gasteiger partial charge in [-0.05, 0) is 44.4 Å². The lowest BCUT2D eigenvalue weighted by molar-refractivity contribution is 0.574. The van der Waals surface area contributed by atoms with Crippen LogP contribution in [0.15, 0.2) is 45.3 Å². The molecule has 0 saturated heterocycles.